The van der Waals surface area contributed by atoms with E-state index in [1.54, 1.807) is 6.07 Å². The smallest absolute Gasteiger partial charge is 0.0823 e. The molecule has 2 nitrogen and oxygen atoms in total. The summed E-state index contributed by atoms with van der Waals surface area (Å²) >= 11 is 11.8. The summed E-state index contributed by atoms with van der Waals surface area (Å²) in [5, 5.41) is 12.9. The molecule has 0 aliphatic heterocycles. The Bertz CT molecular complexity index is 291. The van der Waals surface area contributed by atoms with Crippen LogP contribution in [0.5, 0.6) is 0 Å². The summed E-state index contributed by atoms with van der Waals surface area (Å²) in [6.45, 7) is 1.02. The SMILES string of the molecule is OCCCCNc1cccc(Cl)c1Cl. The Balaban J connectivity index is 2.46. The molecule has 78 valence electrons. The van der Waals surface area contributed by atoms with Crippen molar-refractivity contribution in [3.63, 3.8) is 0 Å². The molecule has 0 fully saturated rings. The van der Waals surface area contributed by atoms with Crippen LogP contribution >= 0.6 is 23.2 Å². The van der Waals surface area contributed by atoms with E-state index in [4.69, 9.17) is 28.3 Å². The predicted octanol–water partition coefficient (Wildman–Crippen LogP) is 3.18. The Kier molecular flexibility index (Phi) is 5.09. The number of nitrogens with one attached hydrogen (secondary N) is 1. The van der Waals surface area contributed by atoms with Gasteiger partial charge in [-0.1, -0.05) is 29.3 Å². The summed E-state index contributed by atoms with van der Waals surface area (Å²) in [5.74, 6) is 0. The third-order valence-corrected chi connectivity index (χ3v) is 2.67. The highest BCUT2D eigenvalue weighted by molar-refractivity contribution is 6.43. The molecular weight excluding hydrogens is 221 g/mol. The summed E-state index contributed by atoms with van der Waals surface area (Å²) in [7, 11) is 0. The molecule has 1 aromatic carbocycles. The highest BCUT2D eigenvalue weighted by Crippen LogP contribution is 2.29. The maximum atomic E-state index is 8.59. The van der Waals surface area contributed by atoms with Crippen molar-refractivity contribution in [2.75, 3.05) is 18.5 Å². The predicted molar refractivity (Wildman–Crippen MR) is 61.3 cm³/mol. The Morgan fingerprint density at radius 3 is 2.71 bits per heavy atom. The lowest BCUT2D eigenvalue weighted by atomic mass is 10.3. The van der Waals surface area contributed by atoms with Crippen LogP contribution in [0.4, 0.5) is 5.69 Å². The highest BCUT2D eigenvalue weighted by atomic mass is 35.5. The molecule has 0 bridgehead atoms. The Morgan fingerprint density at radius 2 is 2.00 bits per heavy atom. The van der Waals surface area contributed by atoms with Gasteiger partial charge in [0.15, 0.2) is 0 Å². The van der Waals surface area contributed by atoms with Gasteiger partial charge in [-0.15, -0.1) is 0 Å². The van der Waals surface area contributed by atoms with Gasteiger partial charge < -0.3 is 10.4 Å². The van der Waals surface area contributed by atoms with Crippen LogP contribution in [0.25, 0.3) is 0 Å². The minimum absolute atomic E-state index is 0.227. The summed E-state index contributed by atoms with van der Waals surface area (Å²) in [6.07, 6.45) is 1.71. The van der Waals surface area contributed by atoms with Gasteiger partial charge in [-0.2, -0.15) is 0 Å². The van der Waals surface area contributed by atoms with Crippen molar-refractivity contribution >= 4 is 28.9 Å². The zero-order chi connectivity index (χ0) is 10.4. The maximum Gasteiger partial charge on any atom is 0.0823 e. The monoisotopic (exact) mass is 233 g/mol. The maximum absolute atomic E-state index is 8.59. The van der Waals surface area contributed by atoms with E-state index in [1.165, 1.54) is 0 Å². The minimum atomic E-state index is 0.227. The molecule has 0 saturated heterocycles. The van der Waals surface area contributed by atoms with Gasteiger partial charge in [-0.3, -0.25) is 0 Å². The van der Waals surface area contributed by atoms with Crippen molar-refractivity contribution in [3.8, 4) is 0 Å². The molecule has 0 amide bonds. The first-order chi connectivity index (χ1) is 6.75. The average molecular weight is 234 g/mol. The minimum Gasteiger partial charge on any atom is -0.396 e. The normalized spacial score (nSPS) is 10.2. The number of hydrogen-bond acceptors (Lipinski definition) is 2. The molecule has 4 heteroatoms. The fourth-order valence-electron chi connectivity index (χ4n) is 1.10. The van der Waals surface area contributed by atoms with E-state index in [1.807, 2.05) is 12.1 Å². The van der Waals surface area contributed by atoms with Crippen molar-refractivity contribution < 1.29 is 5.11 Å². The topological polar surface area (TPSA) is 32.3 Å². The first kappa shape index (κ1) is 11.6. The standard InChI is InChI=1S/C10H13Cl2NO/c11-8-4-3-5-9(10(8)12)13-6-1-2-7-14/h3-5,13-14H,1-2,6-7H2. The number of halogens is 2. The quantitative estimate of drug-likeness (QED) is 0.767. The molecule has 0 aliphatic rings. The molecule has 0 saturated carbocycles. The van der Waals surface area contributed by atoms with Gasteiger partial charge in [-0.25, -0.2) is 0 Å². The lowest BCUT2D eigenvalue weighted by Gasteiger charge is -2.08. The fraction of sp³-hybridized carbons (Fsp3) is 0.400. The van der Waals surface area contributed by atoms with Gasteiger partial charge in [0.2, 0.25) is 0 Å². The third kappa shape index (κ3) is 3.37. The van der Waals surface area contributed by atoms with Crippen LogP contribution in [0.15, 0.2) is 18.2 Å². The van der Waals surface area contributed by atoms with E-state index < -0.39 is 0 Å². The second-order valence-corrected chi connectivity index (χ2v) is 3.74. The second-order valence-electron chi connectivity index (χ2n) is 2.96. The average Bonchev–Trinajstić information content (AvgIpc) is 2.19. The van der Waals surface area contributed by atoms with Crippen LogP contribution < -0.4 is 5.32 Å². The first-order valence-electron chi connectivity index (χ1n) is 4.54. The Morgan fingerprint density at radius 1 is 1.21 bits per heavy atom. The van der Waals surface area contributed by atoms with Gasteiger partial charge >= 0.3 is 0 Å². The van der Waals surface area contributed by atoms with Gasteiger partial charge in [0.05, 0.1) is 15.7 Å². The van der Waals surface area contributed by atoms with Gasteiger partial charge in [-0.05, 0) is 25.0 Å². The van der Waals surface area contributed by atoms with E-state index in [2.05, 4.69) is 5.32 Å². The number of aliphatic hydroxyl groups excluding tert-OH is 1. The molecule has 0 spiro atoms. The van der Waals surface area contributed by atoms with Crippen LogP contribution in [-0.4, -0.2) is 18.3 Å². The van der Waals surface area contributed by atoms with E-state index in [0.29, 0.717) is 10.0 Å². The van der Waals surface area contributed by atoms with Crippen LogP contribution in [0.2, 0.25) is 10.0 Å². The number of anilines is 1. The van der Waals surface area contributed by atoms with Gasteiger partial charge in [0.25, 0.3) is 0 Å². The lowest BCUT2D eigenvalue weighted by Crippen LogP contribution is -2.02. The van der Waals surface area contributed by atoms with Crippen molar-refractivity contribution in [2.45, 2.75) is 12.8 Å². The van der Waals surface area contributed by atoms with E-state index in [9.17, 15) is 0 Å². The Labute approximate surface area is 93.8 Å². The largest absolute Gasteiger partial charge is 0.396 e. The molecule has 14 heavy (non-hydrogen) atoms. The van der Waals surface area contributed by atoms with E-state index >= 15 is 0 Å². The van der Waals surface area contributed by atoms with Crippen molar-refractivity contribution in [1.29, 1.82) is 0 Å². The van der Waals surface area contributed by atoms with E-state index in [-0.39, 0.29) is 6.61 Å². The summed E-state index contributed by atoms with van der Waals surface area (Å²) < 4.78 is 0. The molecule has 1 rings (SSSR count). The lowest BCUT2D eigenvalue weighted by molar-refractivity contribution is 0.286. The number of unbranched alkanes of at least 4 members (excludes halogenated alkanes) is 1. The summed E-state index contributed by atoms with van der Waals surface area (Å²) in [4.78, 5) is 0. The number of hydrogen-bond donors (Lipinski definition) is 2. The second kappa shape index (κ2) is 6.12. The molecule has 0 aliphatic carbocycles. The van der Waals surface area contributed by atoms with Gasteiger partial charge in [0.1, 0.15) is 0 Å². The van der Waals surface area contributed by atoms with Crippen LogP contribution in [0, 0.1) is 0 Å². The Hall–Kier alpha value is -0.440. The molecule has 0 atom stereocenters. The number of rotatable bonds is 5. The van der Waals surface area contributed by atoms with Crippen LogP contribution in [-0.2, 0) is 0 Å². The zero-order valence-corrected chi connectivity index (χ0v) is 9.28. The third-order valence-electron chi connectivity index (χ3n) is 1.85. The van der Waals surface area contributed by atoms with Crippen molar-refractivity contribution in [1.82, 2.24) is 0 Å². The highest BCUT2D eigenvalue weighted by Gasteiger charge is 2.02. The first-order valence-corrected chi connectivity index (χ1v) is 5.30. The molecule has 0 radical (unpaired) electrons. The summed E-state index contributed by atoms with van der Waals surface area (Å²) in [5.41, 5.74) is 0.845. The molecule has 0 unspecified atom stereocenters. The molecule has 1 aromatic rings. The van der Waals surface area contributed by atoms with Crippen molar-refractivity contribution in [3.05, 3.63) is 28.2 Å². The zero-order valence-electron chi connectivity index (χ0n) is 7.76. The van der Waals surface area contributed by atoms with Gasteiger partial charge in [0, 0.05) is 13.2 Å². The molecular formula is C10H13Cl2NO. The molecule has 2 N–H and O–H groups in total. The van der Waals surface area contributed by atoms with Crippen molar-refractivity contribution in [2.24, 2.45) is 0 Å². The fourth-order valence-corrected chi connectivity index (χ4v) is 1.47. The number of benzene rings is 1. The van der Waals surface area contributed by atoms with Crippen LogP contribution in [0.1, 0.15) is 12.8 Å². The molecule has 0 aromatic heterocycles. The number of aliphatic hydroxyl groups is 1. The molecule has 0 heterocycles. The van der Waals surface area contributed by atoms with E-state index in [0.717, 1.165) is 25.1 Å². The summed E-state index contributed by atoms with van der Waals surface area (Å²) in [6, 6.07) is 5.48. The van der Waals surface area contributed by atoms with Crippen LogP contribution in [0.3, 0.4) is 0 Å².